The third kappa shape index (κ3) is 4.62. The van der Waals surface area contributed by atoms with Crippen LogP contribution in [0.15, 0.2) is 48.1 Å². The molecule has 174 valence electrons. The van der Waals surface area contributed by atoms with Crippen LogP contribution in [0.1, 0.15) is 21.6 Å². The van der Waals surface area contributed by atoms with E-state index in [0.29, 0.717) is 49.9 Å². The number of carbonyl (C=O) groups excluding carboxylic acids is 1. The van der Waals surface area contributed by atoms with Gasteiger partial charge in [0.15, 0.2) is 5.82 Å². The van der Waals surface area contributed by atoms with Gasteiger partial charge in [-0.05, 0) is 43.2 Å². The van der Waals surface area contributed by atoms with Gasteiger partial charge >= 0.3 is 0 Å². The van der Waals surface area contributed by atoms with Gasteiger partial charge < -0.3 is 14.5 Å². The zero-order valence-corrected chi connectivity index (χ0v) is 20.1. The fraction of sp³-hybridized carbons (Fsp3) is 0.320. The SMILES string of the molecule is Cc1cc(CCN(C)C(=O)c2csc3nc(-c4ccccn4)nc(N4CCOCC4)c23)ccn1. The number of hydrogen-bond donors (Lipinski definition) is 0. The lowest BCUT2D eigenvalue weighted by Gasteiger charge is -2.29. The second kappa shape index (κ2) is 9.82. The summed E-state index contributed by atoms with van der Waals surface area (Å²) >= 11 is 1.47. The molecular formula is C25H26N6O2S. The Kier molecular flexibility index (Phi) is 6.46. The summed E-state index contributed by atoms with van der Waals surface area (Å²) in [6, 6.07) is 9.75. The van der Waals surface area contributed by atoms with Crippen LogP contribution in [0, 0.1) is 6.92 Å². The highest BCUT2D eigenvalue weighted by Gasteiger charge is 2.25. The quantitative estimate of drug-likeness (QED) is 0.422. The average Bonchev–Trinajstić information content (AvgIpc) is 3.31. The number of aromatic nitrogens is 4. The molecule has 1 saturated heterocycles. The number of anilines is 1. The number of fused-ring (bicyclic) bond motifs is 1. The number of hydrogen-bond acceptors (Lipinski definition) is 8. The number of morpholine rings is 1. The Morgan fingerprint density at radius 3 is 2.76 bits per heavy atom. The molecule has 1 amide bonds. The molecule has 9 heteroatoms. The fourth-order valence-corrected chi connectivity index (χ4v) is 4.96. The Labute approximate surface area is 202 Å². The highest BCUT2D eigenvalue weighted by Crippen LogP contribution is 2.35. The molecule has 0 spiro atoms. The Morgan fingerprint density at radius 1 is 1.15 bits per heavy atom. The molecule has 0 atom stereocenters. The van der Waals surface area contributed by atoms with Crippen molar-refractivity contribution in [3.05, 3.63) is 64.9 Å². The molecule has 1 aliphatic heterocycles. The van der Waals surface area contributed by atoms with E-state index in [2.05, 4.69) is 20.9 Å². The summed E-state index contributed by atoms with van der Waals surface area (Å²) in [5, 5.41) is 2.71. The Bertz CT molecular complexity index is 1300. The molecule has 5 rings (SSSR count). The van der Waals surface area contributed by atoms with Crippen molar-refractivity contribution < 1.29 is 9.53 Å². The summed E-state index contributed by atoms with van der Waals surface area (Å²) in [6.07, 6.45) is 4.31. The number of nitrogens with zero attached hydrogens (tertiary/aromatic N) is 6. The van der Waals surface area contributed by atoms with E-state index in [1.54, 1.807) is 11.1 Å². The van der Waals surface area contributed by atoms with Gasteiger partial charge in [0.25, 0.3) is 5.91 Å². The van der Waals surface area contributed by atoms with Gasteiger partial charge in [-0.3, -0.25) is 14.8 Å². The van der Waals surface area contributed by atoms with Crippen molar-refractivity contribution in [3.63, 3.8) is 0 Å². The number of carbonyl (C=O) groups is 1. The first kappa shape index (κ1) is 22.4. The third-order valence-electron chi connectivity index (χ3n) is 5.89. The van der Waals surface area contributed by atoms with Crippen molar-refractivity contribution in [2.45, 2.75) is 13.3 Å². The van der Waals surface area contributed by atoms with E-state index in [1.807, 2.05) is 49.8 Å². The van der Waals surface area contributed by atoms with Crippen molar-refractivity contribution in [1.82, 2.24) is 24.8 Å². The highest BCUT2D eigenvalue weighted by molar-refractivity contribution is 7.17. The van der Waals surface area contributed by atoms with Gasteiger partial charge in [0.2, 0.25) is 0 Å². The third-order valence-corrected chi connectivity index (χ3v) is 6.77. The van der Waals surface area contributed by atoms with E-state index in [0.717, 1.165) is 28.1 Å². The first-order valence-electron chi connectivity index (χ1n) is 11.3. The number of rotatable bonds is 6. The average molecular weight is 475 g/mol. The second-order valence-electron chi connectivity index (χ2n) is 8.30. The van der Waals surface area contributed by atoms with Crippen LogP contribution in [0.4, 0.5) is 5.82 Å². The van der Waals surface area contributed by atoms with E-state index >= 15 is 0 Å². The van der Waals surface area contributed by atoms with Gasteiger partial charge in [-0.2, -0.15) is 0 Å². The fourth-order valence-electron chi connectivity index (χ4n) is 4.06. The zero-order chi connectivity index (χ0) is 23.5. The number of thiophene rings is 1. The molecule has 0 radical (unpaired) electrons. The largest absolute Gasteiger partial charge is 0.378 e. The topological polar surface area (TPSA) is 84.3 Å². The molecule has 34 heavy (non-hydrogen) atoms. The van der Waals surface area contributed by atoms with Crippen LogP contribution in [0.5, 0.6) is 0 Å². The zero-order valence-electron chi connectivity index (χ0n) is 19.3. The Morgan fingerprint density at radius 2 is 2.00 bits per heavy atom. The van der Waals surface area contributed by atoms with Gasteiger partial charge in [-0.25, -0.2) is 9.97 Å². The number of ether oxygens (including phenoxy) is 1. The van der Waals surface area contributed by atoms with Crippen molar-refractivity contribution in [1.29, 1.82) is 0 Å². The van der Waals surface area contributed by atoms with E-state index in [9.17, 15) is 4.79 Å². The van der Waals surface area contributed by atoms with Crippen LogP contribution in [0.25, 0.3) is 21.7 Å². The molecule has 0 unspecified atom stereocenters. The molecule has 4 aromatic heterocycles. The van der Waals surface area contributed by atoms with Gasteiger partial charge in [-0.15, -0.1) is 11.3 Å². The lowest BCUT2D eigenvalue weighted by Crippen LogP contribution is -2.37. The maximum Gasteiger partial charge on any atom is 0.255 e. The van der Waals surface area contributed by atoms with Crippen LogP contribution in [0.3, 0.4) is 0 Å². The molecule has 0 saturated carbocycles. The first-order chi connectivity index (χ1) is 16.6. The molecule has 0 aromatic carbocycles. The van der Waals surface area contributed by atoms with Crippen molar-refractivity contribution in [3.8, 4) is 11.5 Å². The normalized spacial score (nSPS) is 13.9. The number of pyridine rings is 2. The summed E-state index contributed by atoms with van der Waals surface area (Å²) < 4.78 is 5.55. The molecule has 8 nitrogen and oxygen atoms in total. The first-order valence-corrected chi connectivity index (χ1v) is 12.2. The van der Waals surface area contributed by atoms with Crippen molar-refractivity contribution in [2.75, 3.05) is 44.8 Å². The van der Waals surface area contributed by atoms with Crippen LogP contribution in [0.2, 0.25) is 0 Å². The molecule has 0 bridgehead atoms. The summed E-state index contributed by atoms with van der Waals surface area (Å²) in [4.78, 5) is 36.6. The van der Waals surface area contributed by atoms with Gasteiger partial charge in [0, 0.05) is 50.1 Å². The predicted octanol–water partition coefficient (Wildman–Crippen LogP) is 3.61. The van der Waals surface area contributed by atoms with Crippen LogP contribution < -0.4 is 4.90 Å². The lowest BCUT2D eigenvalue weighted by atomic mass is 10.1. The molecular weight excluding hydrogens is 448 g/mol. The van der Waals surface area contributed by atoms with Crippen molar-refractivity contribution >= 4 is 33.3 Å². The molecule has 4 aromatic rings. The molecule has 5 heterocycles. The maximum atomic E-state index is 13.5. The van der Waals surface area contributed by atoms with E-state index in [-0.39, 0.29) is 5.91 Å². The predicted molar refractivity (Wildman–Crippen MR) is 133 cm³/mol. The molecule has 1 fully saturated rings. The molecule has 0 N–H and O–H groups in total. The molecule has 1 aliphatic rings. The summed E-state index contributed by atoms with van der Waals surface area (Å²) in [5.74, 6) is 1.31. The summed E-state index contributed by atoms with van der Waals surface area (Å²) in [6.45, 7) is 5.27. The summed E-state index contributed by atoms with van der Waals surface area (Å²) in [7, 11) is 1.84. The maximum absolute atomic E-state index is 13.5. The van der Waals surface area contributed by atoms with E-state index in [4.69, 9.17) is 14.7 Å². The lowest BCUT2D eigenvalue weighted by molar-refractivity contribution is 0.0799. The standard InChI is InChI=1S/C25H26N6O2S/c1-17-15-18(6-9-26-17)7-10-30(2)25(32)19-16-34-24-21(19)23(31-11-13-33-14-12-31)28-22(29-24)20-5-3-4-8-27-20/h3-6,8-9,15-16H,7,10-14H2,1-2H3. The highest BCUT2D eigenvalue weighted by atomic mass is 32.1. The number of amides is 1. The van der Waals surface area contributed by atoms with Crippen LogP contribution in [-0.2, 0) is 11.2 Å². The van der Waals surface area contributed by atoms with Crippen LogP contribution >= 0.6 is 11.3 Å². The number of aryl methyl sites for hydroxylation is 1. The minimum absolute atomic E-state index is 0.0271. The second-order valence-corrected chi connectivity index (χ2v) is 9.16. The van der Waals surface area contributed by atoms with E-state index < -0.39 is 0 Å². The minimum Gasteiger partial charge on any atom is -0.378 e. The summed E-state index contributed by atoms with van der Waals surface area (Å²) in [5.41, 5.74) is 3.50. The smallest absolute Gasteiger partial charge is 0.255 e. The van der Waals surface area contributed by atoms with Gasteiger partial charge in [0.1, 0.15) is 16.3 Å². The molecule has 0 aliphatic carbocycles. The van der Waals surface area contributed by atoms with Gasteiger partial charge in [0.05, 0.1) is 24.2 Å². The number of likely N-dealkylation sites (N-methyl/N-ethyl adjacent to an activating group) is 1. The minimum atomic E-state index is -0.0271. The van der Waals surface area contributed by atoms with E-state index in [1.165, 1.54) is 16.9 Å². The Balaban J connectivity index is 1.49. The van der Waals surface area contributed by atoms with Crippen molar-refractivity contribution in [2.24, 2.45) is 0 Å². The van der Waals surface area contributed by atoms with Crippen LogP contribution in [-0.4, -0.2) is 70.6 Å². The van der Waals surface area contributed by atoms with Gasteiger partial charge in [-0.1, -0.05) is 6.07 Å². The Hall–Kier alpha value is -3.43. The monoisotopic (exact) mass is 474 g/mol.